The number of hydrogen-bond acceptors (Lipinski definition) is 0. The second-order valence-electron chi connectivity index (χ2n) is 19.9. The zero-order valence-electron chi connectivity index (χ0n) is 41.4. The van der Waals surface area contributed by atoms with Crippen molar-refractivity contribution in [3.63, 3.8) is 0 Å². The molecule has 0 radical (unpaired) electrons. The minimum Gasteiger partial charge on any atom is -0.309 e. The fraction of sp³-hybridized carbons (Fsp3) is 0.0290. The fourth-order valence-corrected chi connectivity index (χ4v) is 12.4. The van der Waals surface area contributed by atoms with Gasteiger partial charge >= 0.3 is 6.18 Å². The maximum atomic E-state index is 14.1. The predicted octanol–water partition coefficient (Wildman–Crippen LogP) is 19.3. The van der Waals surface area contributed by atoms with Gasteiger partial charge < -0.3 is 18.3 Å². The van der Waals surface area contributed by atoms with E-state index in [0.717, 1.165) is 105 Å². The number of aromatic nitrogens is 4. The molecule has 0 amide bonds. The van der Waals surface area contributed by atoms with Crippen LogP contribution in [0.15, 0.2) is 237 Å². The molecule has 0 saturated heterocycles. The maximum absolute atomic E-state index is 14.1. The van der Waals surface area contributed by atoms with E-state index in [9.17, 15) is 13.2 Å². The number of rotatable bonds is 6. The molecule has 0 atom stereocenters. The molecule has 0 fully saturated rings. The van der Waals surface area contributed by atoms with Crippen molar-refractivity contribution in [2.45, 2.75) is 13.1 Å². The Kier molecular flexibility index (Phi) is 9.63. The van der Waals surface area contributed by atoms with Crippen LogP contribution in [0.3, 0.4) is 0 Å². The minimum absolute atomic E-state index is 0.477. The lowest BCUT2D eigenvalue weighted by molar-refractivity contribution is -0.137. The highest BCUT2D eigenvalue weighted by atomic mass is 19.4. The Hall–Kier alpha value is -10.1. The van der Waals surface area contributed by atoms with Crippen molar-refractivity contribution in [3.05, 3.63) is 259 Å². The molecule has 5 nitrogen and oxygen atoms in total. The van der Waals surface area contributed by atoms with Crippen LogP contribution in [0.25, 0.3) is 137 Å². The number of alkyl halides is 3. The number of para-hydroxylation sites is 6. The van der Waals surface area contributed by atoms with Gasteiger partial charge in [-0.2, -0.15) is 13.2 Å². The lowest BCUT2D eigenvalue weighted by Crippen LogP contribution is -2.05. The largest absolute Gasteiger partial charge is 0.416 e. The molecule has 0 aliphatic heterocycles. The van der Waals surface area contributed by atoms with E-state index in [4.69, 9.17) is 6.57 Å². The first kappa shape index (κ1) is 44.4. The SMILES string of the molecule is [C-]#[N+]c1ccc(-n2c3ccccc3c3cc(-n4c5ccccc5c5ccccc54)ccc32)c(-c2ccc(-c3ccc(C(F)(F)F)cc3C)cc2-n2c3ccccc3c3cc(-n4c5ccccc5c5ccccc54)ccc32)c1. The molecule has 0 spiro atoms. The molecule has 8 heteroatoms. The summed E-state index contributed by atoms with van der Waals surface area (Å²) in [5, 5.41) is 8.98. The molecule has 15 aromatic rings. The second-order valence-corrected chi connectivity index (χ2v) is 19.9. The standard InChI is InChI=1S/C69H42F3N5/c1-42-37-44(69(70,71)72)28-33-48(42)43-27-32-55(68(38-43)77-64-26-14-8-20-54(64)58-41-47(31-36-67(58)77)75-61-23-11-5-17-51(61)52-18-6-12-24-62(52)75)56-39-45(73-2)29-34-65(56)76-63-25-13-7-19-53(63)57-40-46(30-35-66(57)76)74-59-21-9-3-15-49(59)50-16-4-10-22-60(50)74/h3-41H,1H3. The fourth-order valence-electron chi connectivity index (χ4n) is 12.4. The molecule has 11 aromatic carbocycles. The summed E-state index contributed by atoms with van der Waals surface area (Å²) < 4.78 is 51.7. The summed E-state index contributed by atoms with van der Waals surface area (Å²) in [6.07, 6.45) is -4.48. The smallest absolute Gasteiger partial charge is 0.309 e. The Morgan fingerprint density at radius 2 is 0.740 bits per heavy atom. The van der Waals surface area contributed by atoms with Gasteiger partial charge in [-0.05, 0) is 132 Å². The maximum Gasteiger partial charge on any atom is 0.416 e. The third-order valence-electron chi connectivity index (χ3n) is 15.7. The Balaban J connectivity index is 0.995. The van der Waals surface area contributed by atoms with E-state index >= 15 is 0 Å². The van der Waals surface area contributed by atoms with Crippen LogP contribution in [0, 0.1) is 13.5 Å². The quantitative estimate of drug-likeness (QED) is 0.148. The highest BCUT2D eigenvalue weighted by Gasteiger charge is 2.31. The zero-order chi connectivity index (χ0) is 51.7. The average Bonchev–Trinajstić information content (AvgIpc) is 4.36. The van der Waals surface area contributed by atoms with Gasteiger partial charge in [0.15, 0.2) is 5.69 Å². The summed E-state index contributed by atoms with van der Waals surface area (Å²) in [6.45, 7) is 10.1. The van der Waals surface area contributed by atoms with Crippen molar-refractivity contribution in [3.8, 4) is 45.0 Å². The summed E-state index contributed by atoms with van der Waals surface area (Å²) in [5.74, 6) is 0. The Morgan fingerprint density at radius 3 is 1.18 bits per heavy atom. The van der Waals surface area contributed by atoms with Gasteiger partial charge in [-0.15, -0.1) is 0 Å². The topological polar surface area (TPSA) is 24.1 Å². The van der Waals surface area contributed by atoms with Gasteiger partial charge in [-0.1, -0.05) is 133 Å². The molecule has 0 N–H and O–H groups in total. The van der Waals surface area contributed by atoms with Crippen molar-refractivity contribution in [1.82, 2.24) is 18.3 Å². The van der Waals surface area contributed by atoms with Crippen LogP contribution in [-0.4, -0.2) is 18.3 Å². The van der Waals surface area contributed by atoms with Crippen LogP contribution in [0.1, 0.15) is 11.1 Å². The van der Waals surface area contributed by atoms with Crippen LogP contribution < -0.4 is 0 Å². The van der Waals surface area contributed by atoms with Crippen LogP contribution in [0.4, 0.5) is 18.9 Å². The van der Waals surface area contributed by atoms with Crippen LogP contribution in [0.2, 0.25) is 0 Å². The number of halogens is 3. The molecule has 0 saturated carbocycles. The van der Waals surface area contributed by atoms with E-state index < -0.39 is 11.7 Å². The third kappa shape index (κ3) is 6.67. The molecule has 364 valence electrons. The minimum atomic E-state index is -4.48. The van der Waals surface area contributed by atoms with Crippen molar-refractivity contribution >= 4 is 92.9 Å². The number of fused-ring (bicyclic) bond motifs is 12. The molecule has 77 heavy (non-hydrogen) atoms. The number of benzene rings is 11. The number of aryl methyl sites for hydroxylation is 1. The summed E-state index contributed by atoms with van der Waals surface area (Å²) in [4.78, 5) is 4.00. The molecule has 4 heterocycles. The molecular formula is C69H42F3N5. The molecular weight excluding hydrogens is 956 g/mol. The first-order chi connectivity index (χ1) is 37.7. The average molecular weight is 998 g/mol. The van der Waals surface area contributed by atoms with Gasteiger partial charge in [0.25, 0.3) is 0 Å². The first-order valence-corrected chi connectivity index (χ1v) is 25.6. The normalized spacial score (nSPS) is 12.1. The van der Waals surface area contributed by atoms with Crippen LogP contribution in [0.5, 0.6) is 0 Å². The second kappa shape index (κ2) is 16.7. The molecule has 15 rings (SSSR count). The Bertz CT molecular complexity index is 4910. The van der Waals surface area contributed by atoms with Crippen molar-refractivity contribution in [2.75, 3.05) is 0 Å². The predicted molar refractivity (Wildman–Crippen MR) is 311 cm³/mol. The van der Waals surface area contributed by atoms with E-state index in [1.807, 2.05) is 24.3 Å². The van der Waals surface area contributed by atoms with Gasteiger partial charge in [0.1, 0.15) is 0 Å². The monoisotopic (exact) mass is 997 g/mol. The molecule has 0 aliphatic rings. The van der Waals surface area contributed by atoms with Gasteiger partial charge in [-0.25, -0.2) is 4.85 Å². The third-order valence-corrected chi connectivity index (χ3v) is 15.7. The highest BCUT2D eigenvalue weighted by molar-refractivity contribution is 6.15. The number of hydrogen-bond donors (Lipinski definition) is 0. The van der Waals surface area contributed by atoms with E-state index in [1.54, 1.807) is 13.0 Å². The summed E-state index contributed by atoms with van der Waals surface area (Å²) in [6, 6.07) is 80.4. The Morgan fingerprint density at radius 1 is 0.338 bits per heavy atom. The summed E-state index contributed by atoms with van der Waals surface area (Å²) in [5.41, 5.74) is 15.6. The lowest BCUT2D eigenvalue weighted by atomic mass is 9.93. The van der Waals surface area contributed by atoms with Crippen molar-refractivity contribution < 1.29 is 13.2 Å². The molecule has 0 aliphatic carbocycles. The highest BCUT2D eigenvalue weighted by Crippen LogP contribution is 2.46. The van der Waals surface area contributed by atoms with E-state index in [1.165, 1.54) is 33.7 Å². The summed E-state index contributed by atoms with van der Waals surface area (Å²) in [7, 11) is 0. The van der Waals surface area contributed by atoms with Gasteiger partial charge in [0.2, 0.25) is 0 Å². The summed E-state index contributed by atoms with van der Waals surface area (Å²) >= 11 is 0. The van der Waals surface area contributed by atoms with Gasteiger partial charge in [0.05, 0.1) is 67.6 Å². The Labute approximate surface area is 439 Å². The van der Waals surface area contributed by atoms with Crippen molar-refractivity contribution in [2.24, 2.45) is 0 Å². The van der Waals surface area contributed by atoms with E-state index in [0.29, 0.717) is 16.8 Å². The van der Waals surface area contributed by atoms with Gasteiger partial charge in [-0.3, -0.25) is 0 Å². The lowest BCUT2D eigenvalue weighted by Gasteiger charge is -2.21. The van der Waals surface area contributed by atoms with Crippen LogP contribution in [-0.2, 0) is 6.18 Å². The van der Waals surface area contributed by atoms with E-state index in [2.05, 4.69) is 217 Å². The van der Waals surface area contributed by atoms with Gasteiger partial charge in [0, 0.05) is 60.0 Å². The first-order valence-electron chi connectivity index (χ1n) is 25.6. The van der Waals surface area contributed by atoms with E-state index in [-0.39, 0.29) is 0 Å². The zero-order valence-corrected chi connectivity index (χ0v) is 41.4. The molecule has 0 bridgehead atoms. The van der Waals surface area contributed by atoms with Crippen molar-refractivity contribution in [1.29, 1.82) is 0 Å². The van der Waals surface area contributed by atoms with Crippen LogP contribution >= 0.6 is 0 Å². The number of nitrogens with zero attached hydrogens (tertiary/aromatic N) is 5. The molecule has 4 aromatic heterocycles. The molecule has 0 unspecified atom stereocenters.